The van der Waals surface area contributed by atoms with Gasteiger partial charge in [-0.05, 0) is 18.6 Å². The lowest BCUT2D eigenvalue weighted by atomic mass is 10.3. The van der Waals surface area contributed by atoms with Crippen LogP contribution in [-0.4, -0.2) is 9.94 Å². The van der Waals surface area contributed by atoms with Gasteiger partial charge in [-0.2, -0.15) is 4.73 Å². The van der Waals surface area contributed by atoms with Crippen molar-refractivity contribution in [2.24, 2.45) is 0 Å². The molecule has 1 N–H and O–H groups in total. The van der Waals surface area contributed by atoms with E-state index in [9.17, 15) is 5.21 Å². The molecule has 0 aromatic carbocycles. The SMILES string of the molecule is CCc1cccc(=S)n1O. The molecule has 0 saturated heterocycles. The molecule has 0 aliphatic carbocycles. The number of pyridine rings is 1. The average molecular weight is 155 g/mol. The van der Waals surface area contributed by atoms with Crippen molar-refractivity contribution in [3.05, 3.63) is 28.5 Å². The molecule has 3 heteroatoms. The minimum atomic E-state index is 0.458. The minimum Gasteiger partial charge on any atom is -0.427 e. The van der Waals surface area contributed by atoms with Crippen molar-refractivity contribution in [1.29, 1.82) is 0 Å². The molecule has 0 aliphatic rings. The van der Waals surface area contributed by atoms with Crippen molar-refractivity contribution in [3.8, 4) is 0 Å². The summed E-state index contributed by atoms with van der Waals surface area (Å²) in [4.78, 5) is 0. The molecule has 0 fully saturated rings. The topological polar surface area (TPSA) is 25.2 Å². The molecule has 0 spiro atoms. The lowest BCUT2D eigenvalue weighted by Gasteiger charge is -2.02. The van der Waals surface area contributed by atoms with Crippen LogP contribution >= 0.6 is 12.2 Å². The van der Waals surface area contributed by atoms with Crippen LogP contribution in [-0.2, 0) is 6.42 Å². The average Bonchev–Trinajstić information content (AvgIpc) is 1.95. The molecule has 54 valence electrons. The maximum absolute atomic E-state index is 9.21. The fourth-order valence-corrected chi connectivity index (χ4v) is 0.988. The van der Waals surface area contributed by atoms with Crippen molar-refractivity contribution >= 4 is 12.2 Å². The highest BCUT2D eigenvalue weighted by molar-refractivity contribution is 7.71. The van der Waals surface area contributed by atoms with E-state index in [-0.39, 0.29) is 0 Å². The molecular weight excluding hydrogens is 146 g/mol. The molecule has 1 heterocycles. The third kappa shape index (κ3) is 1.19. The third-order valence-electron chi connectivity index (χ3n) is 1.37. The van der Waals surface area contributed by atoms with E-state index in [0.717, 1.165) is 16.8 Å². The third-order valence-corrected chi connectivity index (χ3v) is 1.68. The zero-order chi connectivity index (χ0) is 7.56. The van der Waals surface area contributed by atoms with E-state index in [2.05, 4.69) is 0 Å². The smallest absolute Gasteiger partial charge is 0.142 e. The Bertz CT molecular complexity index is 279. The summed E-state index contributed by atoms with van der Waals surface area (Å²) in [5, 5.41) is 9.21. The summed E-state index contributed by atoms with van der Waals surface area (Å²) < 4.78 is 1.49. The number of hydrogen-bond acceptors (Lipinski definition) is 2. The van der Waals surface area contributed by atoms with Crippen LogP contribution in [0.2, 0.25) is 0 Å². The summed E-state index contributed by atoms with van der Waals surface area (Å²) in [6, 6.07) is 5.37. The van der Waals surface area contributed by atoms with Crippen LogP contribution < -0.4 is 0 Å². The fourth-order valence-electron chi connectivity index (χ4n) is 0.792. The van der Waals surface area contributed by atoms with Crippen LogP contribution in [0, 0.1) is 4.64 Å². The van der Waals surface area contributed by atoms with Crippen molar-refractivity contribution in [2.45, 2.75) is 13.3 Å². The zero-order valence-corrected chi connectivity index (χ0v) is 6.56. The summed E-state index contributed by atoms with van der Waals surface area (Å²) in [7, 11) is 0. The maximum atomic E-state index is 9.21. The van der Waals surface area contributed by atoms with Crippen molar-refractivity contribution < 1.29 is 5.21 Å². The molecule has 0 bridgehead atoms. The number of hydrogen-bond donors (Lipinski definition) is 1. The van der Waals surface area contributed by atoms with Crippen LogP contribution in [0.5, 0.6) is 0 Å². The highest BCUT2D eigenvalue weighted by Crippen LogP contribution is 1.99. The van der Waals surface area contributed by atoms with E-state index in [1.165, 1.54) is 0 Å². The van der Waals surface area contributed by atoms with Gasteiger partial charge >= 0.3 is 0 Å². The molecule has 1 rings (SSSR count). The molecule has 0 amide bonds. The second-order valence-corrected chi connectivity index (χ2v) is 2.44. The Hall–Kier alpha value is -0.830. The van der Waals surface area contributed by atoms with E-state index < -0.39 is 0 Å². The largest absolute Gasteiger partial charge is 0.427 e. The monoisotopic (exact) mass is 155 g/mol. The molecule has 2 nitrogen and oxygen atoms in total. The summed E-state index contributed by atoms with van der Waals surface area (Å²) >= 11 is 4.82. The van der Waals surface area contributed by atoms with E-state index in [1.54, 1.807) is 6.07 Å². The number of nitrogens with zero attached hydrogens (tertiary/aromatic N) is 1. The van der Waals surface area contributed by atoms with Gasteiger partial charge in [-0.15, -0.1) is 0 Å². The predicted octanol–water partition coefficient (Wildman–Crippen LogP) is 2.02. The molecule has 0 unspecified atom stereocenters. The Morgan fingerprint density at radius 1 is 1.60 bits per heavy atom. The van der Waals surface area contributed by atoms with Crippen LogP contribution in [0.1, 0.15) is 12.6 Å². The quantitative estimate of drug-likeness (QED) is 0.495. The Kier molecular flexibility index (Phi) is 2.06. The van der Waals surface area contributed by atoms with Gasteiger partial charge in [0, 0.05) is 0 Å². The van der Waals surface area contributed by atoms with Crippen molar-refractivity contribution in [3.63, 3.8) is 0 Å². The molecule has 0 saturated carbocycles. The molecule has 1 aromatic rings. The van der Waals surface area contributed by atoms with Gasteiger partial charge in [0.15, 0.2) is 0 Å². The zero-order valence-electron chi connectivity index (χ0n) is 5.74. The Labute approximate surface area is 64.7 Å². The highest BCUT2D eigenvalue weighted by atomic mass is 32.1. The first-order valence-electron chi connectivity index (χ1n) is 3.16. The second kappa shape index (κ2) is 2.84. The van der Waals surface area contributed by atoms with Crippen molar-refractivity contribution in [2.75, 3.05) is 0 Å². The van der Waals surface area contributed by atoms with E-state index >= 15 is 0 Å². The van der Waals surface area contributed by atoms with Gasteiger partial charge in [-0.25, -0.2) is 0 Å². The summed E-state index contributed by atoms with van der Waals surface area (Å²) in [6.45, 7) is 1.97. The lowest BCUT2D eigenvalue weighted by molar-refractivity contribution is 0.171. The number of rotatable bonds is 1. The standard InChI is InChI=1S/C7H9NOS/c1-2-6-4-3-5-7(10)8(6)9/h3-5,9H,2H2,1H3. The van der Waals surface area contributed by atoms with E-state index in [1.807, 2.05) is 19.1 Å². The number of aryl methyl sites for hydroxylation is 1. The summed E-state index contributed by atoms with van der Waals surface area (Å²) in [5.74, 6) is 0. The molecule has 10 heavy (non-hydrogen) atoms. The van der Waals surface area contributed by atoms with Crippen LogP contribution in [0.25, 0.3) is 0 Å². The number of aromatic nitrogens is 1. The minimum absolute atomic E-state index is 0.458. The van der Waals surface area contributed by atoms with E-state index in [4.69, 9.17) is 12.2 Å². The van der Waals surface area contributed by atoms with Crippen LogP contribution in [0.4, 0.5) is 0 Å². The van der Waals surface area contributed by atoms with Gasteiger partial charge in [0.25, 0.3) is 0 Å². The van der Waals surface area contributed by atoms with Crippen LogP contribution in [0.3, 0.4) is 0 Å². The van der Waals surface area contributed by atoms with Gasteiger partial charge in [0.05, 0.1) is 5.69 Å². The summed E-state index contributed by atoms with van der Waals surface area (Å²) in [6.07, 6.45) is 0.793. The van der Waals surface area contributed by atoms with Gasteiger partial charge < -0.3 is 5.21 Å². The molecule has 1 aromatic heterocycles. The summed E-state index contributed by atoms with van der Waals surface area (Å²) in [5.41, 5.74) is 0.840. The molecule has 0 atom stereocenters. The molecular formula is C7H9NOS. The van der Waals surface area contributed by atoms with E-state index in [0.29, 0.717) is 4.64 Å². The molecule has 0 radical (unpaired) electrons. The fraction of sp³-hybridized carbons (Fsp3) is 0.286. The van der Waals surface area contributed by atoms with Crippen molar-refractivity contribution in [1.82, 2.24) is 4.73 Å². The second-order valence-electron chi connectivity index (χ2n) is 2.02. The first-order valence-corrected chi connectivity index (χ1v) is 3.56. The maximum Gasteiger partial charge on any atom is 0.142 e. The Morgan fingerprint density at radius 2 is 2.30 bits per heavy atom. The highest BCUT2D eigenvalue weighted by Gasteiger charge is 1.93. The van der Waals surface area contributed by atoms with Gasteiger partial charge in [0.2, 0.25) is 0 Å². The molecule has 0 aliphatic heterocycles. The van der Waals surface area contributed by atoms with Crippen LogP contribution in [0.15, 0.2) is 18.2 Å². The normalized spacial score (nSPS) is 9.70. The van der Waals surface area contributed by atoms with Gasteiger partial charge in [-0.1, -0.05) is 25.2 Å². The Balaban J connectivity index is 3.28. The lowest BCUT2D eigenvalue weighted by Crippen LogP contribution is -2.00. The van der Waals surface area contributed by atoms with Gasteiger partial charge in [-0.3, -0.25) is 0 Å². The first kappa shape index (κ1) is 7.28. The predicted molar refractivity (Wildman–Crippen MR) is 41.8 cm³/mol. The Morgan fingerprint density at radius 3 is 2.80 bits per heavy atom. The van der Waals surface area contributed by atoms with Gasteiger partial charge in [0.1, 0.15) is 4.64 Å². The first-order chi connectivity index (χ1) is 4.75.